The first kappa shape index (κ1) is 24.7. The Bertz CT molecular complexity index is 1280. The van der Waals surface area contributed by atoms with Crippen LogP contribution in [-0.4, -0.2) is 51.8 Å². The van der Waals surface area contributed by atoms with Gasteiger partial charge < -0.3 is 18.8 Å². The van der Waals surface area contributed by atoms with Gasteiger partial charge in [-0.1, -0.05) is 26.8 Å². The van der Waals surface area contributed by atoms with Crippen molar-refractivity contribution in [1.29, 1.82) is 0 Å². The monoisotopic (exact) mass is 521 g/mol. The molecular weight excluding hydrogens is 485 g/mol. The van der Waals surface area contributed by atoms with E-state index in [9.17, 15) is 9.18 Å². The van der Waals surface area contributed by atoms with Crippen molar-refractivity contribution >= 4 is 15.0 Å². The number of ether oxygens (including phenoxy) is 2. The van der Waals surface area contributed by atoms with Crippen molar-refractivity contribution in [3.8, 4) is 11.5 Å². The molecule has 37 heavy (non-hydrogen) atoms. The van der Waals surface area contributed by atoms with Crippen LogP contribution >= 0.6 is 0 Å². The Morgan fingerprint density at radius 3 is 2.59 bits per heavy atom. The summed E-state index contributed by atoms with van der Waals surface area (Å²) < 4.78 is 33.1. The Labute approximate surface area is 220 Å². The molecule has 0 amide bonds. The van der Waals surface area contributed by atoms with Crippen LogP contribution in [0.2, 0.25) is 13.1 Å². The van der Waals surface area contributed by atoms with E-state index in [0.29, 0.717) is 11.6 Å². The second kappa shape index (κ2) is 8.43. The highest BCUT2D eigenvalue weighted by atomic mass is 28.3. The summed E-state index contributed by atoms with van der Waals surface area (Å²) in [5, 5.41) is 0. The van der Waals surface area contributed by atoms with E-state index in [0.717, 1.165) is 36.4 Å². The van der Waals surface area contributed by atoms with Crippen LogP contribution in [0.3, 0.4) is 0 Å². The molecule has 0 N–H and O–H groups in total. The molecule has 2 heterocycles. The number of halogens is 1. The van der Waals surface area contributed by atoms with Crippen molar-refractivity contribution < 1.29 is 23.1 Å². The molecule has 0 radical (unpaired) electrons. The quantitative estimate of drug-likeness (QED) is 0.316. The Hall–Kier alpha value is -2.64. The van der Waals surface area contributed by atoms with Crippen LogP contribution in [0.5, 0.6) is 11.5 Å². The lowest BCUT2D eigenvalue weighted by Gasteiger charge is -2.56. The van der Waals surface area contributed by atoms with Gasteiger partial charge in [0.05, 0.1) is 5.56 Å². The molecule has 0 aromatic heterocycles. The highest BCUT2D eigenvalue weighted by Gasteiger charge is 2.65. The van der Waals surface area contributed by atoms with E-state index in [1.54, 1.807) is 0 Å². The highest BCUT2D eigenvalue weighted by Crippen LogP contribution is 2.64. The smallest absolute Gasteiger partial charge is 0.338 e. The van der Waals surface area contributed by atoms with Crippen molar-refractivity contribution in [3.05, 3.63) is 70.6 Å². The predicted molar refractivity (Wildman–Crippen MR) is 144 cm³/mol. The number of benzene rings is 2. The molecule has 4 aliphatic rings. The van der Waals surface area contributed by atoms with E-state index >= 15 is 0 Å². The van der Waals surface area contributed by atoms with E-state index in [-0.39, 0.29) is 28.7 Å². The fourth-order valence-electron chi connectivity index (χ4n) is 7.08. The van der Waals surface area contributed by atoms with Gasteiger partial charge in [0.2, 0.25) is 9.04 Å². The van der Waals surface area contributed by atoms with Gasteiger partial charge in [-0.15, -0.1) is 0 Å². The number of hydrogen-bond acceptors (Lipinski definition) is 5. The topological polar surface area (TPSA) is 48.0 Å². The molecule has 6 rings (SSSR count). The van der Waals surface area contributed by atoms with Crippen LogP contribution in [0.15, 0.2) is 42.5 Å². The van der Waals surface area contributed by atoms with Gasteiger partial charge in [0.1, 0.15) is 23.4 Å². The SMILES string of the molecule is CN1CC[C@]23c4c5c(O[SiH](C)C)cc(C(C)(C)C)c4O[C@H]2[C@@H](OC(=O)c2ccc(F)cc2)C=C[C@H]3[C@H]1C5. The molecule has 5 nitrogen and oxygen atoms in total. The van der Waals surface area contributed by atoms with E-state index in [1.165, 1.54) is 35.4 Å². The number of hydrogen-bond donors (Lipinski definition) is 0. The summed E-state index contributed by atoms with van der Waals surface area (Å²) in [5.74, 6) is 1.40. The summed E-state index contributed by atoms with van der Waals surface area (Å²) >= 11 is 0. The molecule has 1 spiro atoms. The minimum atomic E-state index is -1.35. The molecule has 2 aliphatic carbocycles. The third-order valence-electron chi connectivity index (χ3n) is 8.73. The molecule has 5 atom stereocenters. The summed E-state index contributed by atoms with van der Waals surface area (Å²) in [6, 6.07) is 8.06. The van der Waals surface area contributed by atoms with Crippen molar-refractivity contribution in [2.24, 2.45) is 5.92 Å². The number of nitrogens with zero attached hydrogens (tertiary/aromatic N) is 1. The third kappa shape index (κ3) is 3.68. The van der Waals surface area contributed by atoms with Crippen LogP contribution in [0.4, 0.5) is 4.39 Å². The number of carbonyl (C=O) groups is 1. The lowest BCUT2D eigenvalue weighted by Crippen LogP contribution is -2.65. The first-order valence-corrected chi connectivity index (χ1v) is 16.2. The summed E-state index contributed by atoms with van der Waals surface area (Å²) in [5.41, 5.74) is 3.63. The lowest BCUT2D eigenvalue weighted by molar-refractivity contribution is -0.0556. The largest absolute Gasteiger partial charge is 0.547 e. The van der Waals surface area contributed by atoms with Gasteiger partial charge in [-0.05, 0) is 81.4 Å². The Morgan fingerprint density at radius 2 is 1.92 bits per heavy atom. The molecule has 1 saturated heterocycles. The van der Waals surface area contributed by atoms with E-state index in [2.05, 4.69) is 58.0 Å². The predicted octanol–water partition coefficient (Wildman–Crippen LogP) is 5.16. The van der Waals surface area contributed by atoms with Crippen LogP contribution in [0, 0.1) is 11.7 Å². The fourth-order valence-corrected chi connectivity index (χ4v) is 7.80. The maximum atomic E-state index is 13.4. The van der Waals surface area contributed by atoms with Crippen molar-refractivity contribution in [2.75, 3.05) is 13.6 Å². The number of esters is 1. The number of likely N-dealkylation sites (tertiary alicyclic amines) is 1. The van der Waals surface area contributed by atoms with Gasteiger partial charge in [-0.3, -0.25) is 0 Å². The number of likely N-dealkylation sites (N-methyl/N-ethyl adjacent to an activating group) is 1. The molecule has 196 valence electrons. The molecule has 2 aromatic carbocycles. The maximum Gasteiger partial charge on any atom is 0.338 e. The van der Waals surface area contributed by atoms with Crippen LogP contribution in [0.25, 0.3) is 0 Å². The molecule has 2 aromatic rings. The maximum absolute atomic E-state index is 13.4. The van der Waals surface area contributed by atoms with E-state index < -0.39 is 21.1 Å². The minimum Gasteiger partial charge on any atom is -0.547 e. The van der Waals surface area contributed by atoms with Crippen molar-refractivity contribution in [3.63, 3.8) is 0 Å². The molecule has 2 bridgehead atoms. The van der Waals surface area contributed by atoms with Crippen molar-refractivity contribution in [1.82, 2.24) is 4.90 Å². The van der Waals surface area contributed by atoms with Gasteiger partial charge in [0.25, 0.3) is 0 Å². The highest BCUT2D eigenvalue weighted by molar-refractivity contribution is 6.49. The minimum absolute atomic E-state index is 0.142. The van der Waals surface area contributed by atoms with Gasteiger partial charge in [0.15, 0.2) is 6.10 Å². The second-order valence-corrected chi connectivity index (χ2v) is 14.7. The molecular formula is C30H36FNO4Si. The van der Waals surface area contributed by atoms with Crippen LogP contribution in [0.1, 0.15) is 54.2 Å². The number of carbonyl (C=O) groups excluding carboxylic acids is 1. The van der Waals surface area contributed by atoms with E-state index in [4.69, 9.17) is 13.9 Å². The Morgan fingerprint density at radius 1 is 1.19 bits per heavy atom. The van der Waals surface area contributed by atoms with Crippen LogP contribution < -0.4 is 9.16 Å². The van der Waals surface area contributed by atoms with Crippen molar-refractivity contribution in [2.45, 2.75) is 75.8 Å². The Balaban J connectivity index is 1.50. The van der Waals surface area contributed by atoms with Crippen LogP contribution in [-0.2, 0) is 22.0 Å². The standard InChI is InChI=1S/C30H36FNO4Si/c1-29(2,3)21-16-24(36-37(5)6)19-15-22-20-11-12-23(34-28(33)17-7-9-18(31)10-8-17)27-30(20,13-14-32(22)4)25(19)26(21)35-27/h7-12,16,20,22-23,27,37H,13-15H2,1-6H3/t20-,22+,23-,27-,30-/m0/s1. The average Bonchev–Trinajstić information content (AvgIpc) is 3.17. The first-order chi connectivity index (χ1) is 17.5. The third-order valence-corrected chi connectivity index (χ3v) is 9.46. The Kier molecular flexibility index (Phi) is 5.62. The zero-order valence-electron chi connectivity index (χ0n) is 22.5. The average molecular weight is 522 g/mol. The zero-order chi connectivity index (χ0) is 26.3. The summed E-state index contributed by atoms with van der Waals surface area (Å²) in [4.78, 5) is 15.6. The van der Waals surface area contributed by atoms with Gasteiger partial charge >= 0.3 is 5.97 Å². The molecule has 0 unspecified atom stereocenters. The molecule has 7 heteroatoms. The number of piperidine rings is 1. The second-order valence-electron chi connectivity index (χ2n) is 12.4. The lowest BCUT2D eigenvalue weighted by atomic mass is 9.53. The summed E-state index contributed by atoms with van der Waals surface area (Å²) in [7, 11) is 0.866. The first-order valence-electron chi connectivity index (χ1n) is 13.4. The van der Waals surface area contributed by atoms with E-state index in [1.807, 2.05) is 6.08 Å². The molecule has 0 saturated carbocycles. The number of rotatable bonds is 4. The molecule has 1 fully saturated rings. The fraction of sp³-hybridized carbons (Fsp3) is 0.500. The van der Waals surface area contributed by atoms with Gasteiger partial charge in [-0.2, -0.15) is 0 Å². The summed E-state index contributed by atoms with van der Waals surface area (Å²) in [6.45, 7) is 12.0. The normalized spacial score (nSPS) is 29.6. The molecule has 2 aliphatic heterocycles. The van der Waals surface area contributed by atoms with Gasteiger partial charge in [-0.25, -0.2) is 9.18 Å². The van der Waals surface area contributed by atoms with Gasteiger partial charge in [0, 0.05) is 34.1 Å². The summed E-state index contributed by atoms with van der Waals surface area (Å²) in [6.07, 6.45) is 5.29. The zero-order valence-corrected chi connectivity index (χ0v) is 23.7.